The second-order valence-corrected chi connectivity index (χ2v) is 5.50. The number of hydrogen-bond acceptors (Lipinski definition) is 2. The van der Waals surface area contributed by atoms with Crippen molar-refractivity contribution in [1.29, 1.82) is 0 Å². The van der Waals surface area contributed by atoms with E-state index in [9.17, 15) is 0 Å². The summed E-state index contributed by atoms with van der Waals surface area (Å²) in [6, 6.07) is 15.2. The van der Waals surface area contributed by atoms with E-state index < -0.39 is 0 Å². The van der Waals surface area contributed by atoms with Crippen LogP contribution in [0.4, 0.5) is 0 Å². The lowest BCUT2D eigenvalue weighted by Crippen LogP contribution is -1.87. The Labute approximate surface area is 111 Å². The van der Waals surface area contributed by atoms with Crippen LogP contribution >= 0.6 is 11.3 Å². The predicted molar refractivity (Wildman–Crippen MR) is 78.7 cm³/mol. The van der Waals surface area contributed by atoms with Crippen molar-refractivity contribution < 1.29 is 0 Å². The van der Waals surface area contributed by atoms with Crippen molar-refractivity contribution in [3.8, 4) is 11.1 Å². The molecule has 89 valence electrons. The first-order chi connectivity index (χ1) is 8.74. The number of nitrogens with zero attached hydrogens (tertiary/aromatic N) is 1. The number of aromatic nitrogens is 1. The molecular weight excluding hydrogens is 238 g/mol. The first kappa shape index (κ1) is 11.4. The van der Waals surface area contributed by atoms with Crippen LogP contribution in [0.15, 0.2) is 48.0 Å². The van der Waals surface area contributed by atoms with Gasteiger partial charge >= 0.3 is 0 Å². The Bertz CT molecular complexity index is 665. The van der Waals surface area contributed by atoms with Gasteiger partial charge in [-0.25, -0.2) is 4.98 Å². The van der Waals surface area contributed by atoms with E-state index in [4.69, 9.17) is 0 Å². The fourth-order valence-corrected chi connectivity index (χ4v) is 2.75. The van der Waals surface area contributed by atoms with Gasteiger partial charge in [-0.05, 0) is 34.7 Å². The van der Waals surface area contributed by atoms with Crippen LogP contribution in [-0.4, -0.2) is 4.98 Å². The topological polar surface area (TPSA) is 12.9 Å². The minimum absolute atomic E-state index is 1.08. The van der Waals surface area contributed by atoms with E-state index in [-0.39, 0.29) is 0 Å². The number of thiazole rings is 1. The van der Waals surface area contributed by atoms with Crippen LogP contribution in [0.3, 0.4) is 0 Å². The first-order valence-electron chi connectivity index (χ1n) is 5.98. The summed E-state index contributed by atoms with van der Waals surface area (Å²) in [5, 5.41) is 0. The molecule has 3 aromatic rings. The minimum atomic E-state index is 1.08. The van der Waals surface area contributed by atoms with Gasteiger partial charge in [0.2, 0.25) is 0 Å². The highest BCUT2D eigenvalue weighted by Gasteiger charge is 2.03. The number of fused-ring (bicyclic) bond motifs is 1. The minimum Gasteiger partial charge on any atom is -0.245 e. The molecule has 0 saturated carbocycles. The van der Waals surface area contributed by atoms with Gasteiger partial charge in [-0.3, -0.25) is 0 Å². The van der Waals surface area contributed by atoms with E-state index in [2.05, 4.69) is 61.3 Å². The monoisotopic (exact) mass is 252 g/mol. The smallest absolute Gasteiger partial charge is 0.0812 e. The Kier molecular flexibility index (Phi) is 2.88. The van der Waals surface area contributed by atoms with Gasteiger partial charge in [0.25, 0.3) is 0 Å². The van der Waals surface area contributed by atoms with Crippen molar-refractivity contribution >= 4 is 21.6 Å². The van der Waals surface area contributed by atoms with Crippen LogP contribution in [0, 0.1) is 5.92 Å². The number of hydrogen-bond donors (Lipinski definition) is 0. The van der Waals surface area contributed by atoms with Crippen LogP contribution in [0.25, 0.3) is 21.3 Å². The van der Waals surface area contributed by atoms with E-state index in [0.29, 0.717) is 0 Å². The largest absolute Gasteiger partial charge is 0.245 e. The Morgan fingerprint density at radius 1 is 0.944 bits per heavy atom. The molecule has 18 heavy (non-hydrogen) atoms. The average molecular weight is 252 g/mol. The summed E-state index contributed by atoms with van der Waals surface area (Å²) in [5.41, 5.74) is 6.80. The van der Waals surface area contributed by atoms with Gasteiger partial charge in [-0.2, -0.15) is 0 Å². The molecule has 0 aliphatic rings. The summed E-state index contributed by atoms with van der Waals surface area (Å²) < 4.78 is 1.25. The fourth-order valence-electron chi connectivity index (χ4n) is 2.03. The van der Waals surface area contributed by atoms with Crippen molar-refractivity contribution in [3.05, 3.63) is 59.5 Å². The number of benzene rings is 2. The molecule has 0 fully saturated rings. The lowest BCUT2D eigenvalue weighted by Gasteiger charge is -2.06. The molecule has 0 N–H and O–H groups in total. The van der Waals surface area contributed by atoms with Crippen LogP contribution in [0.5, 0.6) is 0 Å². The standard InChI is InChI=1S/C16H14NS/c1-11(2)12-3-5-13(6-4-12)14-7-8-15-16(9-14)18-10-17-15/h3-10H,1-2H3. The SMILES string of the molecule is C[C](C)c1ccc(-c2ccc3ncsc3c2)cc1. The maximum absolute atomic E-state index is 4.31. The highest BCUT2D eigenvalue weighted by atomic mass is 32.1. The van der Waals surface area contributed by atoms with Crippen LogP contribution < -0.4 is 0 Å². The maximum atomic E-state index is 4.31. The molecule has 2 aromatic carbocycles. The van der Waals surface area contributed by atoms with E-state index in [1.807, 2.05) is 5.51 Å². The van der Waals surface area contributed by atoms with Crippen LogP contribution in [-0.2, 0) is 0 Å². The van der Waals surface area contributed by atoms with Crippen molar-refractivity contribution in [1.82, 2.24) is 4.98 Å². The molecule has 0 unspecified atom stereocenters. The molecular formula is C16H14NS. The zero-order chi connectivity index (χ0) is 12.5. The van der Waals surface area contributed by atoms with E-state index >= 15 is 0 Å². The Morgan fingerprint density at radius 3 is 2.39 bits per heavy atom. The molecule has 0 bridgehead atoms. The molecule has 0 aliphatic heterocycles. The van der Waals surface area contributed by atoms with Gasteiger partial charge in [0.1, 0.15) is 0 Å². The summed E-state index contributed by atoms with van der Waals surface area (Å²) >= 11 is 1.69. The van der Waals surface area contributed by atoms with Crippen molar-refractivity contribution in [2.75, 3.05) is 0 Å². The highest BCUT2D eigenvalue weighted by molar-refractivity contribution is 7.16. The van der Waals surface area contributed by atoms with E-state index in [1.165, 1.54) is 27.3 Å². The molecule has 1 nitrogen and oxygen atoms in total. The molecule has 1 radical (unpaired) electrons. The molecule has 0 spiro atoms. The van der Waals surface area contributed by atoms with Crippen molar-refractivity contribution in [2.24, 2.45) is 0 Å². The second kappa shape index (κ2) is 4.54. The Balaban J connectivity index is 2.02. The molecule has 1 heterocycles. The summed E-state index contributed by atoms with van der Waals surface area (Å²) in [7, 11) is 0. The molecule has 2 heteroatoms. The molecule has 0 atom stereocenters. The maximum Gasteiger partial charge on any atom is 0.0812 e. The van der Waals surface area contributed by atoms with Gasteiger partial charge in [-0.1, -0.05) is 44.2 Å². The quantitative estimate of drug-likeness (QED) is 0.630. The molecule has 0 amide bonds. The molecule has 0 saturated heterocycles. The summed E-state index contributed by atoms with van der Waals surface area (Å²) in [5.74, 6) is 1.35. The first-order valence-corrected chi connectivity index (χ1v) is 6.86. The summed E-state index contributed by atoms with van der Waals surface area (Å²) in [6.07, 6.45) is 0. The Morgan fingerprint density at radius 2 is 1.67 bits per heavy atom. The summed E-state index contributed by atoms with van der Waals surface area (Å²) in [4.78, 5) is 4.31. The van der Waals surface area contributed by atoms with Crippen molar-refractivity contribution in [2.45, 2.75) is 13.8 Å². The van der Waals surface area contributed by atoms with Crippen molar-refractivity contribution in [3.63, 3.8) is 0 Å². The van der Waals surface area contributed by atoms with E-state index in [1.54, 1.807) is 11.3 Å². The van der Waals surface area contributed by atoms with Gasteiger partial charge in [-0.15, -0.1) is 11.3 Å². The second-order valence-electron chi connectivity index (χ2n) is 4.61. The fraction of sp³-hybridized carbons (Fsp3) is 0.125. The third-order valence-corrected chi connectivity index (χ3v) is 3.92. The predicted octanol–water partition coefficient (Wildman–Crippen LogP) is 4.93. The van der Waals surface area contributed by atoms with Gasteiger partial charge in [0.05, 0.1) is 15.7 Å². The lowest BCUT2D eigenvalue weighted by molar-refractivity contribution is 1.15. The molecule has 3 rings (SSSR count). The highest BCUT2D eigenvalue weighted by Crippen LogP contribution is 2.27. The normalized spacial score (nSPS) is 11.3. The Hall–Kier alpha value is -1.67. The van der Waals surface area contributed by atoms with Gasteiger partial charge < -0.3 is 0 Å². The van der Waals surface area contributed by atoms with Gasteiger partial charge in [0, 0.05) is 0 Å². The van der Waals surface area contributed by atoms with E-state index in [0.717, 1.165) is 5.52 Å². The zero-order valence-corrected chi connectivity index (χ0v) is 11.3. The molecule has 0 aliphatic carbocycles. The van der Waals surface area contributed by atoms with Crippen LogP contribution in [0.1, 0.15) is 19.4 Å². The third kappa shape index (κ3) is 2.04. The van der Waals surface area contributed by atoms with Crippen LogP contribution in [0.2, 0.25) is 0 Å². The van der Waals surface area contributed by atoms with Gasteiger partial charge in [0.15, 0.2) is 0 Å². The summed E-state index contributed by atoms with van der Waals surface area (Å²) in [6.45, 7) is 4.27. The number of rotatable bonds is 2. The zero-order valence-electron chi connectivity index (χ0n) is 10.5. The third-order valence-electron chi connectivity index (χ3n) is 3.13. The molecule has 1 aromatic heterocycles. The lowest BCUT2D eigenvalue weighted by atomic mass is 9.99. The average Bonchev–Trinajstić information content (AvgIpc) is 2.86.